The minimum atomic E-state index is -0.621. The fraction of sp³-hybridized carbons (Fsp3) is 0.500. The Kier molecular flexibility index (Phi) is 6.02. The molecule has 3 amide bonds. The van der Waals surface area contributed by atoms with Gasteiger partial charge in [-0.3, -0.25) is 9.69 Å². The van der Waals surface area contributed by atoms with E-state index in [4.69, 9.17) is 28.3 Å². The molecule has 1 aromatic carbocycles. The quantitative estimate of drug-likeness (QED) is 0.700. The molecule has 8 nitrogen and oxygen atoms in total. The number of nitrogens with zero attached hydrogens (tertiary/aromatic N) is 4. The number of carbonyl (C=O) groups excluding carboxylic acids is 2. The van der Waals surface area contributed by atoms with E-state index in [9.17, 15) is 9.59 Å². The molecular weight excluding hydrogens is 405 g/mol. The van der Waals surface area contributed by atoms with Crippen molar-refractivity contribution in [2.24, 2.45) is 4.99 Å². The van der Waals surface area contributed by atoms with Crippen LogP contribution in [0.25, 0.3) is 0 Å². The van der Waals surface area contributed by atoms with Gasteiger partial charge in [0.1, 0.15) is 0 Å². The van der Waals surface area contributed by atoms with Crippen LogP contribution < -0.4 is 5.32 Å². The zero-order chi connectivity index (χ0) is 20.6. The van der Waals surface area contributed by atoms with Crippen molar-refractivity contribution < 1.29 is 14.7 Å². The van der Waals surface area contributed by atoms with Crippen molar-refractivity contribution in [2.45, 2.75) is 31.6 Å². The van der Waals surface area contributed by atoms with Crippen molar-refractivity contribution in [1.29, 1.82) is 0 Å². The number of nitrogens with one attached hydrogen (secondary N) is 1. The lowest BCUT2D eigenvalue weighted by Gasteiger charge is -2.42. The van der Waals surface area contributed by atoms with Crippen LogP contribution in [-0.2, 0) is 4.79 Å². The van der Waals surface area contributed by atoms with Crippen LogP contribution in [-0.4, -0.2) is 77.2 Å². The van der Waals surface area contributed by atoms with Gasteiger partial charge >= 0.3 is 6.03 Å². The third-order valence-electron chi connectivity index (χ3n) is 5.11. The number of aliphatic imine (C=N–C) groups is 1. The molecule has 152 valence electrons. The van der Waals surface area contributed by atoms with Gasteiger partial charge in [-0.25, -0.2) is 9.79 Å². The molecule has 0 aliphatic carbocycles. The first kappa shape index (κ1) is 20.7. The summed E-state index contributed by atoms with van der Waals surface area (Å²) >= 11 is 12.1. The van der Waals surface area contributed by atoms with E-state index in [1.165, 1.54) is 9.80 Å². The molecule has 0 aromatic heterocycles. The minimum Gasteiger partial charge on any atom is -0.396 e. The number of imide groups is 1. The van der Waals surface area contributed by atoms with Crippen molar-refractivity contribution in [3.63, 3.8) is 0 Å². The summed E-state index contributed by atoms with van der Waals surface area (Å²) in [6, 6.07) is 3.51. The molecule has 2 aliphatic heterocycles. The first-order valence-corrected chi connectivity index (χ1v) is 9.73. The number of hydrogen-bond acceptors (Lipinski definition) is 6. The SMILES string of the molecule is CC(c1ccc(Cl)c(Cl)c1)N1C(=O)C2C(N=C(NCCCO)N2C)N(C)C1=O. The van der Waals surface area contributed by atoms with Gasteiger partial charge in [-0.15, -0.1) is 0 Å². The van der Waals surface area contributed by atoms with Crippen LogP contribution in [0.5, 0.6) is 0 Å². The van der Waals surface area contributed by atoms with E-state index in [0.29, 0.717) is 34.5 Å². The highest BCUT2D eigenvalue weighted by atomic mass is 35.5. The van der Waals surface area contributed by atoms with E-state index < -0.39 is 24.3 Å². The van der Waals surface area contributed by atoms with Gasteiger partial charge in [0.15, 0.2) is 18.2 Å². The summed E-state index contributed by atoms with van der Waals surface area (Å²) in [7, 11) is 3.40. The lowest BCUT2D eigenvalue weighted by Crippen LogP contribution is -2.65. The number of guanidine groups is 1. The first-order chi connectivity index (χ1) is 13.3. The van der Waals surface area contributed by atoms with E-state index in [1.54, 1.807) is 44.1 Å². The molecule has 28 heavy (non-hydrogen) atoms. The Labute approximate surface area is 173 Å². The minimum absolute atomic E-state index is 0.0586. The van der Waals surface area contributed by atoms with Crippen molar-refractivity contribution in [1.82, 2.24) is 20.0 Å². The van der Waals surface area contributed by atoms with E-state index in [-0.39, 0.29) is 12.5 Å². The Morgan fingerprint density at radius 1 is 1.21 bits per heavy atom. The second-order valence-corrected chi connectivity index (χ2v) is 7.69. The molecule has 0 saturated carbocycles. The smallest absolute Gasteiger partial charge is 0.328 e. The molecule has 3 atom stereocenters. The van der Waals surface area contributed by atoms with Gasteiger partial charge in [0.05, 0.1) is 16.1 Å². The number of hydrogen-bond donors (Lipinski definition) is 2. The largest absolute Gasteiger partial charge is 0.396 e. The molecule has 0 radical (unpaired) electrons. The third kappa shape index (κ3) is 3.52. The predicted molar refractivity (Wildman–Crippen MR) is 107 cm³/mol. The Morgan fingerprint density at radius 2 is 1.93 bits per heavy atom. The number of rotatable bonds is 5. The number of benzene rings is 1. The summed E-state index contributed by atoms with van der Waals surface area (Å²) in [4.78, 5) is 35.2. The van der Waals surface area contributed by atoms with Crippen molar-refractivity contribution in [3.8, 4) is 0 Å². The highest BCUT2D eigenvalue weighted by molar-refractivity contribution is 6.42. The lowest BCUT2D eigenvalue weighted by atomic mass is 10.0. The lowest BCUT2D eigenvalue weighted by molar-refractivity contribution is -0.139. The summed E-state index contributed by atoms with van der Waals surface area (Å²) in [5.41, 5.74) is 0.714. The van der Waals surface area contributed by atoms with Gasteiger partial charge in [-0.1, -0.05) is 29.3 Å². The molecule has 2 heterocycles. The third-order valence-corrected chi connectivity index (χ3v) is 5.85. The van der Waals surface area contributed by atoms with Gasteiger partial charge in [-0.05, 0) is 31.0 Å². The molecule has 1 saturated heterocycles. The first-order valence-electron chi connectivity index (χ1n) is 8.98. The molecule has 0 bridgehead atoms. The van der Waals surface area contributed by atoms with Crippen LogP contribution in [0.3, 0.4) is 0 Å². The van der Waals surface area contributed by atoms with Crippen LogP contribution >= 0.6 is 23.2 Å². The number of halogens is 2. The molecule has 3 rings (SSSR count). The molecule has 10 heteroatoms. The van der Waals surface area contributed by atoms with Crippen LogP contribution in [0.2, 0.25) is 10.0 Å². The molecule has 2 aliphatic rings. The van der Waals surface area contributed by atoms with E-state index in [1.807, 2.05) is 0 Å². The highest BCUT2D eigenvalue weighted by Gasteiger charge is 2.52. The topological polar surface area (TPSA) is 88.5 Å². The zero-order valence-corrected chi connectivity index (χ0v) is 17.4. The van der Waals surface area contributed by atoms with E-state index in [2.05, 4.69) is 10.3 Å². The molecule has 3 unspecified atom stereocenters. The summed E-state index contributed by atoms with van der Waals surface area (Å²) in [5.74, 6) is 0.206. The van der Waals surface area contributed by atoms with Crippen LogP contribution in [0, 0.1) is 0 Å². The van der Waals surface area contributed by atoms with Crippen LogP contribution in [0.4, 0.5) is 4.79 Å². The zero-order valence-electron chi connectivity index (χ0n) is 15.9. The Balaban J connectivity index is 1.86. The average molecular weight is 428 g/mol. The Morgan fingerprint density at radius 3 is 2.57 bits per heavy atom. The number of aliphatic hydroxyl groups is 1. The summed E-state index contributed by atoms with van der Waals surface area (Å²) in [6.07, 6.45) is -0.0373. The van der Waals surface area contributed by atoms with Gasteiger partial charge in [0.2, 0.25) is 0 Å². The van der Waals surface area contributed by atoms with Crippen molar-refractivity contribution >= 4 is 41.1 Å². The highest BCUT2D eigenvalue weighted by Crippen LogP contribution is 2.33. The van der Waals surface area contributed by atoms with Crippen LogP contribution in [0.1, 0.15) is 24.9 Å². The number of amides is 3. The van der Waals surface area contributed by atoms with Gasteiger partial charge in [0, 0.05) is 27.2 Å². The van der Waals surface area contributed by atoms with Crippen LogP contribution in [0.15, 0.2) is 23.2 Å². The molecule has 1 fully saturated rings. The average Bonchev–Trinajstić information content (AvgIpc) is 2.99. The maximum absolute atomic E-state index is 13.3. The maximum Gasteiger partial charge on any atom is 0.328 e. The van der Waals surface area contributed by atoms with E-state index in [0.717, 1.165) is 0 Å². The molecular formula is C18H23Cl2N5O3. The van der Waals surface area contributed by atoms with E-state index >= 15 is 0 Å². The fourth-order valence-electron chi connectivity index (χ4n) is 3.46. The second kappa shape index (κ2) is 8.14. The van der Waals surface area contributed by atoms with Crippen molar-refractivity contribution in [3.05, 3.63) is 33.8 Å². The summed E-state index contributed by atoms with van der Waals surface area (Å²) in [6.45, 7) is 2.36. The number of likely N-dealkylation sites (N-methyl/N-ethyl adjacent to an activating group) is 2. The Hall–Kier alpha value is -2.03. The van der Waals surface area contributed by atoms with Crippen molar-refractivity contribution in [2.75, 3.05) is 27.2 Å². The number of carbonyl (C=O) groups is 2. The second-order valence-electron chi connectivity index (χ2n) is 6.88. The molecule has 1 aromatic rings. The van der Waals surface area contributed by atoms with Gasteiger partial charge in [-0.2, -0.15) is 0 Å². The number of fused-ring (bicyclic) bond motifs is 1. The predicted octanol–water partition coefficient (Wildman–Crippen LogP) is 1.92. The Bertz CT molecular complexity index is 818. The van der Waals surface area contributed by atoms with Gasteiger partial charge < -0.3 is 20.2 Å². The summed E-state index contributed by atoms with van der Waals surface area (Å²) in [5, 5.41) is 12.8. The monoisotopic (exact) mass is 427 g/mol. The molecule has 0 spiro atoms. The maximum atomic E-state index is 13.3. The normalized spacial score (nSPS) is 23.1. The number of urea groups is 1. The van der Waals surface area contributed by atoms with Gasteiger partial charge in [0.25, 0.3) is 5.91 Å². The summed E-state index contributed by atoms with van der Waals surface area (Å²) < 4.78 is 0. The molecule has 2 N–H and O–H groups in total. The standard InChI is InChI=1S/C18H23Cl2N5O3/c1-10(11-5-6-12(19)13(20)9-11)25-16(27)14-15(24(3)18(25)28)22-17(23(14)2)21-7-4-8-26/h5-6,9-10,14-15,26H,4,7-8H2,1-3H3,(H,21,22). The number of aliphatic hydroxyl groups excluding tert-OH is 1. The fourth-order valence-corrected chi connectivity index (χ4v) is 3.76.